The summed E-state index contributed by atoms with van der Waals surface area (Å²) in [7, 11) is 0. The highest BCUT2D eigenvalue weighted by Crippen LogP contribution is 2.43. The van der Waals surface area contributed by atoms with Gasteiger partial charge in [0.25, 0.3) is 0 Å². The van der Waals surface area contributed by atoms with Crippen molar-refractivity contribution in [3.05, 3.63) is 59.2 Å². The molecule has 0 spiro atoms. The lowest BCUT2D eigenvalue weighted by Crippen LogP contribution is -1.94. The van der Waals surface area contributed by atoms with Crippen LogP contribution in [-0.4, -0.2) is 5.11 Å². The van der Waals surface area contributed by atoms with E-state index in [0.717, 1.165) is 17.5 Å². The fraction of sp³-hybridized carbons (Fsp3) is 0.200. The molecular weight excluding hydrogens is 196 g/mol. The molecule has 80 valence electrons. The molecule has 3 rings (SSSR count). The van der Waals surface area contributed by atoms with Gasteiger partial charge in [0.2, 0.25) is 0 Å². The van der Waals surface area contributed by atoms with Crippen LogP contribution < -0.4 is 0 Å². The normalized spacial score (nSPS) is 17.0. The minimum atomic E-state index is -0.447. The number of hydrogen-bond acceptors (Lipinski definition) is 1. The van der Waals surface area contributed by atoms with Crippen molar-refractivity contribution in [2.45, 2.75) is 19.4 Å². The molecule has 1 N–H and O–H groups in total. The second-order valence-electron chi connectivity index (χ2n) is 4.26. The molecule has 0 aromatic heterocycles. The Morgan fingerprint density at radius 1 is 1.00 bits per heavy atom. The summed E-state index contributed by atoms with van der Waals surface area (Å²) in [4.78, 5) is 0. The van der Waals surface area contributed by atoms with Crippen LogP contribution in [0.2, 0.25) is 0 Å². The predicted molar refractivity (Wildman–Crippen MR) is 65.3 cm³/mol. The van der Waals surface area contributed by atoms with Crippen molar-refractivity contribution in [2.24, 2.45) is 0 Å². The van der Waals surface area contributed by atoms with Crippen LogP contribution in [0.15, 0.2) is 42.5 Å². The number of aryl methyl sites for hydroxylation is 1. The largest absolute Gasteiger partial charge is 0.384 e. The maximum absolute atomic E-state index is 10.3. The van der Waals surface area contributed by atoms with E-state index in [4.69, 9.17) is 0 Å². The van der Waals surface area contributed by atoms with Gasteiger partial charge >= 0.3 is 0 Å². The fourth-order valence-electron chi connectivity index (χ4n) is 2.45. The topological polar surface area (TPSA) is 20.2 Å². The molecule has 1 atom stereocenters. The third kappa shape index (κ3) is 1.22. The summed E-state index contributed by atoms with van der Waals surface area (Å²) in [5, 5.41) is 10.3. The number of fused-ring (bicyclic) bond motifs is 3. The third-order valence-electron chi connectivity index (χ3n) is 3.36. The van der Waals surface area contributed by atoms with Crippen molar-refractivity contribution < 1.29 is 5.11 Å². The van der Waals surface area contributed by atoms with Crippen molar-refractivity contribution in [3.63, 3.8) is 0 Å². The van der Waals surface area contributed by atoms with Gasteiger partial charge in [0.15, 0.2) is 0 Å². The van der Waals surface area contributed by atoms with E-state index in [1.54, 1.807) is 0 Å². The van der Waals surface area contributed by atoms with Gasteiger partial charge < -0.3 is 5.11 Å². The van der Waals surface area contributed by atoms with Crippen LogP contribution in [0, 0.1) is 0 Å². The summed E-state index contributed by atoms with van der Waals surface area (Å²) in [6.45, 7) is 2.14. The minimum Gasteiger partial charge on any atom is -0.384 e. The van der Waals surface area contributed by atoms with E-state index in [1.807, 2.05) is 18.2 Å². The molecule has 1 aliphatic carbocycles. The zero-order valence-electron chi connectivity index (χ0n) is 9.27. The average molecular weight is 210 g/mol. The molecule has 2 aromatic rings. The third-order valence-corrected chi connectivity index (χ3v) is 3.36. The van der Waals surface area contributed by atoms with Gasteiger partial charge in [0.1, 0.15) is 6.10 Å². The molecule has 16 heavy (non-hydrogen) atoms. The lowest BCUT2D eigenvalue weighted by atomic mass is 10.0. The molecule has 2 aromatic carbocycles. The quantitative estimate of drug-likeness (QED) is 0.765. The van der Waals surface area contributed by atoms with E-state index in [9.17, 15) is 5.11 Å². The van der Waals surface area contributed by atoms with Gasteiger partial charge in [-0.1, -0.05) is 49.4 Å². The first-order valence-corrected chi connectivity index (χ1v) is 5.71. The monoisotopic (exact) mass is 210 g/mol. The number of hydrogen-bond donors (Lipinski definition) is 1. The lowest BCUT2D eigenvalue weighted by Gasteiger charge is -2.06. The van der Waals surface area contributed by atoms with Crippen molar-refractivity contribution in [3.8, 4) is 11.1 Å². The first-order valence-electron chi connectivity index (χ1n) is 5.71. The molecule has 0 radical (unpaired) electrons. The number of rotatable bonds is 1. The summed E-state index contributed by atoms with van der Waals surface area (Å²) in [6.07, 6.45) is 0.564. The Morgan fingerprint density at radius 2 is 1.75 bits per heavy atom. The molecule has 0 saturated carbocycles. The Kier molecular flexibility index (Phi) is 2.08. The van der Waals surface area contributed by atoms with Crippen LogP contribution in [0.3, 0.4) is 0 Å². The molecule has 0 saturated heterocycles. The number of benzene rings is 2. The van der Waals surface area contributed by atoms with Gasteiger partial charge in [0, 0.05) is 0 Å². The van der Waals surface area contributed by atoms with Crippen LogP contribution in [0.4, 0.5) is 0 Å². The highest BCUT2D eigenvalue weighted by atomic mass is 16.3. The van der Waals surface area contributed by atoms with E-state index >= 15 is 0 Å². The summed E-state index contributed by atoms with van der Waals surface area (Å²) in [5.74, 6) is 0. The zero-order valence-corrected chi connectivity index (χ0v) is 9.27. The molecular formula is C15H14O. The Hall–Kier alpha value is -1.60. The highest BCUT2D eigenvalue weighted by molar-refractivity contribution is 5.78. The predicted octanol–water partition coefficient (Wildman–Crippen LogP) is 3.31. The second-order valence-corrected chi connectivity index (χ2v) is 4.26. The minimum absolute atomic E-state index is 0.447. The molecule has 0 fully saturated rings. The van der Waals surface area contributed by atoms with Gasteiger partial charge in [-0.3, -0.25) is 0 Å². The van der Waals surface area contributed by atoms with Crippen LogP contribution >= 0.6 is 0 Å². The Morgan fingerprint density at radius 3 is 2.56 bits per heavy atom. The first-order chi connectivity index (χ1) is 7.81. The Labute approximate surface area is 95.4 Å². The van der Waals surface area contributed by atoms with E-state index in [-0.39, 0.29) is 0 Å². The zero-order chi connectivity index (χ0) is 11.1. The highest BCUT2D eigenvalue weighted by Gasteiger charge is 2.26. The fourth-order valence-corrected chi connectivity index (χ4v) is 2.45. The van der Waals surface area contributed by atoms with E-state index < -0.39 is 6.10 Å². The van der Waals surface area contributed by atoms with Crippen molar-refractivity contribution >= 4 is 0 Å². The number of aliphatic hydroxyl groups excluding tert-OH is 1. The SMILES string of the molecule is CCc1ccc2c(c1)C(O)c1ccccc1-2. The van der Waals surface area contributed by atoms with E-state index in [0.29, 0.717) is 0 Å². The van der Waals surface area contributed by atoms with Crippen LogP contribution in [-0.2, 0) is 6.42 Å². The van der Waals surface area contributed by atoms with Gasteiger partial charge in [0.05, 0.1) is 0 Å². The van der Waals surface area contributed by atoms with Gasteiger partial charge in [-0.05, 0) is 34.2 Å². The summed E-state index contributed by atoms with van der Waals surface area (Å²) < 4.78 is 0. The molecule has 1 unspecified atom stereocenters. The molecule has 0 amide bonds. The summed E-state index contributed by atoms with van der Waals surface area (Å²) >= 11 is 0. The van der Waals surface area contributed by atoms with Crippen molar-refractivity contribution in [2.75, 3.05) is 0 Å². The molecule has 1 heteroatoms. The lowest BCUT2D eigenvalue weighted by molar-refractivity contribution is 0.225. The van der Waals surface area contributed by atoms with Gasteiger partial charge in [-0.2, -0.15) is 0 Å². The van der Waals surface area contributed by atoms with Gasteiger partial charge in [-0.25, -0.2) is 0 Å². The van der Waals surface area contributed by atoms with E-state index in [1.165, 1.54) is 16.7 Å². The molecule has 1 nitrogen and oxygen atoms in total. The maximum atomic E-state index is 10.3. The van der Waals surface area contributed by atoms with Crippen LogP contribution in [0.25, 0.3) is 11.1 Å². The molecule has 0 aliphatic heterocycles. The smallest absolute Gasteiger partial charge is 0.105 e. The second kappa shape index (κ2) is 3.46. The van der Waals surface area contributed by atoms with Gasteiger partial charge in [-0.15, -0.1) is 0 Å². The van der Waals surface area contributed by atoms with E-state index in [2.05, 4.69) is 31.2 Å². The Balaban J connectivity index is 2.24. The van der Waals surface area contributed by atoms with Crippen molar-refractivity contribution in [1.29, 1.82) is 0 Å². The number of aliphatic hydroxyl groups is 1. The molecule has 1 aliphatic rings. The van der Waals surface area contributed by atoms with Crippen LogP contribution in [0.5, 0.6) is 0 Å². The summed E-state index contributed by atoms with van der Waals surface area (Å²) in [6, 6.07) is 14.5. The van der Waals surface area contributed by atoms with Crippen LogP contribution in [0.1, 0.15) is 29.7 Å². The Bertz CT molecular complexity index is 543. The maximum Gasteiger partial charge on any atom is 0.105 e. The van der Waals surface area contributed by atoms with Crippen molar-refractivity contribution in [1.82, 2.24) is 0 Å². The standard InChI is InChI=1S/C15H14O/c1-2-10-7-8-12-11-5-3-4-6-13(11)15(16)14(12)9-10/h3-9,15-16H,2H2,1H3. The average Bonchev–Trinajstić information content (AvgIpc) is 2.64. The first kappa shape index (κ1) is 9.61. The summed E-state index contributed by atoms with van der Waals surface area (Å²) in [5.41, 5.74) is 5.73. The molecule has 0 heterocycles. The molecule has 0 bridgehead atoms.